The maximum absolute atomic E-state index is 7.47. The van der Waals surface area contributed by atoms with E-state index in [9.17, 15) is 0 Å². The van der Waals surface area contributed by atoms with Crippen LogP contribution < -0.4 is 5.73 Å². The zero-order chi connectivity index (χ0) is 11.4. The lowest BCUT2D eigenvalue weighted by atomic mass is 10.2. The van der Waals surface area contributed by atoms with Crippen LogP contribution >= 0.6 is 11.8 Å². The van der Waals surface area contributed by atoms with Crippen LogP contribution in [0.15, 0.2) is 17.2 Å². The fraction of sp³-hybridized carbons (Fsp3) is 0.455. The molecule has 0 saturated heterocycles. The van der Waals surface area contributed by atoms with Crippen molar-refractivity contribution in [2.45, 2.75) is 37.5 Å². The fourth-order valence-corrected chi connectivity index (χ4v) is 2.15. The average Bonchev–Trinajstić information content (AvgIpc) is 2.17. The topological polar surface area (TPSA) is 62.8 Å². The van der Waals surface area contributed by atoms with E-state index >= 15 is 0 Å². The van der Waals surface area contributed by atoms with Gasteiger partial charge in [0.25, 0.3) is 0 Å². The lowest BCUT2D eigenvalue weighted by Crippen LogP contribution is -2.14. The van der Waals surface area contributed by atoms with Crippen molar-refractivity contribution in [1.82, 2.24) is 4.98 Å². The third-order valence-corrected chi connectivity index (χ3v) is 3.45. The molecule has 0 spiro atoms. The van der Waals surface area contributed by atoms with Crippen LogP contribution in [0.3, 0.4) is 0 Å². The monoisotopic (exact) mass is 223 g/mol. The first kappa shape index (κ1) is 12.0. The maximum atomic E-state index is 7.47. The molecule has 82 valence electrons. The Morgan fingerprint density at radius 2 is 2.27 bits per heavy atom. The first-order valence-corrected chi connectivity index (χ1v) is 5.91. The van der Waals surface area contributed by atoms with Gasteiger partial charge in [0.05, 0.1) is 0 Å². The number of aryl methyl sites for hydroxylation is 1. The Hall–Kier alpha value is -1.03. The summed E-state index contributed by atoms with van der Waals surface area (Å²) in [6, 6.07) is 3.76. The minimum atomic E-state index is 0.0910. The molecule has 0 aliphatic carbocycles. The normalized spacial score (nSPS) is 12.5. The summed E-state index contributed by atoms with van der Waals surface area (Å²) in [4.78, 5) is 4.42. The minimum Gasteiger partial charge on any atom is -0.384 e. The molecule has 1 unspecified atom stereocenters. The van der Waals surface area contributed by atoms with Crippen molar-refractivity contribution in [2.24, 2.45) is 5.73 Å². The van der Waals surface area contributed by atoms with Crippen LogP contribution in [0.1, 0.15) is 31.5 Å². The van der Waals surface area contributed by atoms with Gasteiger partial charge in [0.2, 0.25) is 0 Å². The number of amidine groups is 1. The van der Waals surface area contributed by atoms with Gasteiger partial charge in [-0.1, -0.05) is 13.8 Å². The van der Waals surface area contributed by atoms with Gasteiger partial charge in [-0.3, -0.25) is 5.41 Å². The molecule has 15 heavy (non-hydrogen) atoms. The predicted octanol–water partition coefficient (Wildman–Crippen LogP) is 2.56. The molecule has 1 heterocycles. The molecular weight excluding hydrogens is 206 g/mol. The lowest BCUT2D eigenvalue weighted by molar-refractivity contribution is 0.898. The van der Waals surface area contributed by atoms with Crippen molar-refractivity contribution < 1.29 is 0 Å². The Balaban J connectivity index is 3.02. The van der Waals surface area contributed by atoms with E-state index in [-0.39, 0.29) is 5.84 Å². The summed E-state index contributed by atoms with van der Waals surface area (Å²) in [5.41, 5.74) is 7.22. The summed E-state index contributed by atoms with van der Waals surface area (Å²) < 4.78 is 0. The number of nitrogen functional groups attached to an aromatic ring is 1. The van der Waals surface area contributed by atoms with E-state index in [1.54, 1.807) is 11.8 Å². The van der Waals surface area contributed by atoms with E-state index < -0.39 is 0 Å². The molecule has 0 bridgehead atoms. The smallest absolute Gasteiger partial charge is 0.125 e. The van der Waals surface area contributed by atoms with Crippen molar-refractivity contribution in [3.05, 3.63) is 23.4 Å². The van der Waals surface area contributed by atoms with Crippen molar-refractivity contribution in [3.63, 3.8) is 0 Å². The van der Waals surface area contributed by atoms with Gasteiger partial charge in [0.15, 0.2) is 0 Å². The first-order chi connectivity index (χ1) is 7.04. The Bertz CT molecular complexity index is 363. The molecule has 1 aromatic heterocycles. The number of nitrogens with two attached hydrogens (primary N) is 1. The van der Waals surface area contributed by atoms with E-state index in [0.717, 1.165) is 22.7 Å². The van der Waals surface area contributed by atoms with Gasteiger partial charge in [0, 0.05) is 16.5 Å². The van der Waals surface area contributed by atoms with Crippen molar-refractivity contribution in [1.29, 1.82) is 5.41 Å². The molecule has 0 radical (unpaired) electrons. The summed E-state index contributed by atoms with van der Waals surface area (Å²) in [5.74, 6) is 0.0910. The second-order valence-corrected chi connectivity index (χ2v) is 4.98. The quantitative estimate of drug-likeness (QED) is 0.468. The standard InChI is InChI=1S/C11H17N3S/c1-4-8(3)15-11-9(10(12)13)6-5-7(2)14-11/h5-6,8H,4H2,1-3H3,(H3,12,13). The van der Waals surface area contributed by atoms with E-state index in [1.807, 2.05) is 19.1 Å². The molecule has 0 saturated carbocycles. The number of hydrogen-bond donors (Lipinski definition) is 2. The van der Waals surface area contributed by atoms with Crippen LogP contribution in [0.4, 0.5) is 0 Å². The minimum absolute atomic E-state index is 0.0910. The number of aromatic nitrogens is 1. The molecule has 0 amide bonds. The molecule has 0 fully saturated rings. The van der Waals surface area contributed by atoms with Gasteiger partial charge in [0.1, 0.15) is 10.9 Å². The summed E-state index contributed by atoms with van der Waals surface area (Å²) in [7, 11) is 0. The highest BCUT2D eigenvalue weighted by molar-refractivity contribution is 7.99. The van der Waals surface area contributed by atoms with Crippen LogP contribution in [0.25, 0.3) is 0 Å². The number of hydrogen-bond acceptors (Lipinski definition) is 3. The summed E-state index contributed by atoms with van der Waals surface area (Å²) in [6.07, 6.45) is 1.08. The van der Waals surface area contributed by atoms with Gasteiger partial charge >= 0.3 is 0 Å². The maximum Gasteiger partial charge on any atom is 0.125 e. The second-order valence-electron chi connectivity index (χ2n) is 3.56. The van der Waals surface area contributed by atoms with E-state index in [0.29, 0.717) is 5.25 Å². The van der Waals surface area contributed by atoms with Gasteiger partial charge in [-0.25, -0.2) is 4.98 Å². The van der Waals surface area contributed by atoms with Crippen molar-refractivity contribution in [3.8, 4) is 0 Å². The SMILES string of the molecule is CCC(C)Sc1nc(C)ccc1C(=N)N. The molecule has 1 aromatic rings. The molecule has 0 aliphatic heterocycles. The third kappa shape index (κ3) is 3.23. The van der Waals surface area contributed by atoms with Crippen LogP contribution in [-0.2, 0) is 0 Å². The van der Waals surface area contributed by atoms with Gasteiger partial charge in [-0.05, 0) is 25.5 Å². The number of rotatable bonds is 4. The molecule has 3 nitrogen and oxygen atoms in total. The van der Waals surface area contributed by atoms with Gasteiger partial charge in [-0.2, -0.15) is 0 Å². The second kappa shape index (κ2) is 5.16. The number of pyridine rings is 1. The molecule has 3 N–H and O–H groups in total. The number of nitrogens with zero attached hydrogens (tertiary/aromatic N) is 1. The molecule has 0 aliphatic rings. The van der Waals surface area contributed by atoms with E-state index in [2.05, 4.69) is 18.8 Å². The Morgan fingerprint density at radius 1 is 1.60 bits per heavy atom. The first-order valence-electron chi connectivity index (χ1n) is 5.03. The Kier molecular flexibility index (Phi) is 4.15. The molecular formula is C11H17N3S. The van der Waals surface area contributed by atoms with Crippen LogP contribution in [-0.4, -0.2) is 16.1 Å². The summed E-state index contributed by atoms with van der Waals surface area (Å²) >= 11 is 1.68. The largest absolute Gasteiger partial charge is 0.384 e. The number of thioether (sulfide) groups is 1. The van der Waals surface area contributed by atoms with E-state index in [4.69, 9.17) is 11.1 Å². The summed E-state index contributed by atoms with van der Waals surface area (Å²) in [6.45, 7) is 6.24. The summed E-state index contributed by atoms with van der Waals surface area (Å²) in [5, 5.41) is 8.84. The van der Waals surface area contributed by atoms with Gasteiger partial charge in [-0.15, -0.1) is 11.8 Å². The van der Waals surface area contributed by atoms with Crippen LogP contribution in [0.2, 0.25) is 0 Å². The Labute approximate surface area is 95.0 Å². The average molecular weight is 223 g/mol. The fourth-order valence-electron chi connectivity index (χ4n) is 1.10. The highest BCUT2D eigenvalue weighted by Crippen LogP contribution is 2.26. The molecule has 1 rings (SSSR count). The van der Waals surface area contributed by atoms with Crippen molar-refractivity contribution >= 4 is 17.6 Å². The lowest BCUT2D eigenvalue weighted by Gasteiger charge is -2.11. The Morgan fingerprint density at radius 3 is 2.80 bits per heavy atom. The predicted molar refractivity (Wildman–Crippen MR) is 65.6 cm³/mol. The number of nitrogens with one attached hydrogen (secondary N) is 1. The molecule has 0 aromatic carbocycles. The highest BCUT2D eigenvalue weighted by Gasteiger charge is 2.10. The highest BCUT2D eigenvalue weighted by atomic mass is 32.2. The van der Waals surface area contributed by atoms with Crippen LogP contribution in [0, 0.1) is 12.3 Å². The zero-order valence-electron chi connectivity index (χ0n) is 9.37. The zero-order valence-corrected chi connectivity index (χ0v) is 10.2. The molecule has 1 atom stereocenters. The van der Waals surface area contributed by atoms with Crippen molar-refractivity contribution in [2.75, 3.05) is 0 Å². The third-order valence-electron chi connectivity index (χ3n) is 2.18. The van der Waals surface area contributed by atoms with Gasteiger partial charge < -0.3 is 5.73 Å². The molecule has 4 heteroatoms. The van der Waals surface area contributed by atoms with Crippen LogP contribution in [0.5, 0.6) is 0 Å². The van der Waals surface area contributed by atoms with E-state index in [1.165, 1.54) is 0 Å².